The molecule has 0 spiro atoms. The predicted molar refractivity (Wildman–Crippen MR) is 85.0 cm³/mol. The van der Waals surface area contributed by atoms with E-state index in [1.165, 1.54) is 12.5 Å². The maximum absolute atomic E-state index is 12.1. The van der Waals surface area contributed by atoms with E-state index in [0.717, 1.165) is 19.4 Å². The number of hydrogen-bond donors (Lipinski definition) is 1. The van der Waals surface area contributed by atoms with Crippen LogP contribution in [-0.2, 0) is 4.79 Å². The van der Waals surface area contributed by atoms with Crippen LogP contribution >= 0.6 is 34.8 Å². The second-order valence-corrected chi connectivity index (χ2v) is 6.33. The Bertz CT molecular complexity index is 507. The van der Waals surface area contributed by atoms with Gasteiger partial charge in [-0.25, -0.2) is 0 Å². The minimum atomic E-state index is -0.0842. The van der Waals surface area contributed by atoms with Crippen molar-refractivity contribution in [2.45, 2.75) is 32.2 Å². The SMILES string of the molecule is C[C@H]1CCCCN1CC(=O)Nc1cc(Cl)c(Cl)cc1Cl. The Labute approximate surface area is 134 Å². The Kier molecular flexibility index (Phi) is 5.56. The van der Waals surface area contributed by atoms with Gasteiger partial charge in [-0.05, 0) is 38.4 Å². The van der Waals surface area contributed by atoms with E-state index in [0.29, 0.717) is 33.3 Å². The molecule has 3 nitrogen and oxygen atoms in total. The van der Waals surface area contributed by atoms with Gasteiger partial charge in [-0.2, -0.15) is 0 Å². The molecule has 0 unspecified atom stereocenters. The summed E-state index contributed by atoms with van der Waals surface area (Å²) in [5.41, 5.74) is 0.496. The van der Waals surface area contributed by atoms with E-state index < -0.39 is 0 Å². The van der Waals surface area contributed by atoms with Gasteiger partial charge in [0.15, 0.2) is 0 Å². The first kappa shape index (κ1) is 15.9. The number of carbonyl (C=O) groups excluding carboxylic acids is 1. The summed E-state index contributed by atoms with van der Waals surface area (Å²) in [6, 6.07) is 3.55. The van der Waals surface area contributed by atoms with Crippen molar-refractivity contribution in [2.24, 2.45) is 0 Å². The van der Waals surface area contributed by atoms with Crippen LogP contribution in [0.15, 0.2) is 12.1 Å². The van der Waals surface area contributed by atoms with E-state index in [1.54, 1.807) is 6.07 Å². The number of benzene rings is 1. The van der Waals surface area contributed by atoms with E-state index in [2.05, 4.69) is 17.1 Å². The molecule has 1 heterocycles. The van der Waals surface area contributed by atoms with E-state index in [1.807, 2.05) is 0 Å². The molecule has 1 aromatic carbocycles. The first-order valence-corrected chi connectivity index (χ1v) is 7.79. The van der Waals surface area contributed by atoms with Crippen LogP contribution in [0, 0.1) is 0 Å². The van der Waals surface area contributed by atoms with Crippen LogP contribution in [0.3, 0.4) is 0 Å². The molecular formula is C14H17Cl3N2O. The standard InChI is InChI=1S/C14H17Cl3N2O/c1-9-4-2-3-5-19(9)8-14(20)18-13-7-11(16)10(15)6-12(13)17/h6-7,9H,2-5,8H2,1H3,(H,18,20)/t9-/m0/s1. The lowest BCUT2D eigenvalue weighted by Gasteiger charge is -2.32. The summed E-state index contributed by atoms with van der Waals surface area (Å²) in [5, 5.41) is 3.93. The second-order valence-electron chi connectivity index (χ2n) is 5.11. The summed E-state index contributed by atoms with van der Waals surface area (Å²) >= 11 is 17.8. The fourth-order valence-electron chi connectivity index (χ4n) is 2.39. The molecule has 0 aliphatic carbocycles. The van der Waals surface area contributed by atoms with E-state index in [9.17, 15) is 4.79 Å². The third-order valence-electron chi connectivity index (χ3n) is 3.57. The van der Waals surface area contributed by atoms with Gasteiger partial charge in [0.1, 0.15) is 0 Å². The van der Waals surface area contributed by atoms with Crippen molar-refractivity contribution in [1.29, 1.82) is 0 Å². The number of carbonyl (C=O) groups is 1. The lowest BCUT2D eigenvalue weighted by molar-refractivity contribution is -0.118. The number of anilines is 1. The molecule has 1 atom stereocenters. The summed E-state index contributed by atoms with van der Waals surface area (Å²) in [6.07, 6.45) is 3.52. The van der Waals surface area contributed by atoms with Gasteiger partial charge in [0.25, 0.3) is 0 Å². The first-order valence-electron chi connectivity index (χ1n) is 6.66. The van der Waals surface area contributed by atoms with Crippen molar-refractivity contribution in [3.05, 3.63) is 27.2 Å². The Morgan fingerprint density at radius 2 is 1.95 bits per heavy atom. The number of piperidine rings is 1. The normalized spacial score (nSPS) is 19.9. The van der Waals surface area contributed by atoms with Crippen molar-refractivity contribution in [2.75, 3.05) is 18.4 Å². The highest BCUT2D eigenvalue weighted by atomic mass is 35.5. The fraction of sp³-hybridized carbons (Fsp3) is 0.500. The highest BCUT2D eigenvalue weighted by molar-refractivity contribution is 6.44. The zero-order chi connectivity index (χ0) is 14.7. The summed E-state index contributed by atoms with van der Waals surface area (Å²) in [6.45, 7) is 3.49. The zero-order valence-electron chi connectivity index (χ0n) is 11.3. The minimum Gasteiger partial charge on any atom is -0.324 e. The van der Waals surface area contributed by atoms with Crippen molar-refractivity contribution in [3.8, 4) is 0 Å². The minimum absolute atomic E-state index is 0.0842. The Morgan fingerprint density at radius 3 is 2.65 bits per heavy atom. The fourth-order valence-corrected chi connectivity index (χ4v) is 2.98. The van der Waals surface area contributed by atoms with Gasteiger partial charge >= 0.3 is 0 Å². The summed E-state index contributed by atoms with van der Waals surface area (Å²) in [5.74, 6) is -0.0842. The number of halogens is 3. The molecule has 0 bridgehead atoms. The molecule has 1 aliphatic heterocycles. The molecular weight excluding hydrogens is 319 g/mol. The summed E-state index contributed by atoms with van der Waals surface area (Å²) in [4.78, 5) is 14.3. The predicted octanol–water partition coefficient (Wildman–Crippen LogP) is 4.46. The molecule has 0 aromatic heterocycles. The molecule has 6 heteroatoms. The quantitative estimate of drug-likeness (QED) is 0.827. The molecule has 1 saturated heterocycles. The van der Waals surface area contributed by atoms with E-state index in [4.69, 9.17) is 34.8 Å². The maximum atomic E-state index is 12.1. The van der Waals surface area contributed by atoms with Gasteiger partial charge in [0.2, 0.25) is 5.91 Å². The van der Waals surface area contributed by atoms with E-state index >= 15 is 0 Å². The Hall–Kier alpha value is -0.480. The Balaban J connectivity index is 1.99. The highest BCUT2D eigenvalue weighted by Gasteiger charge is 2.21. The van der Waals surface area contributed by atoms with Crippen molar-refractivity contribution < 1.29 is 4.79 Å². The number of likely N-dealkylation sites (tertiary alicyclic amines) is 1. The average molecular weight is 336 g/mol. The van der Waals surface area contributed by atoms with Crippen molar-refractivity contribution >= 4 is 46.4 Å². The summed E-state index contributed by atoms with van der Waals surface area (Å²) < 4.78 is 0. The molecule has 110 valence electrons. The van der Waals surface area contributed by atoms with Crippen molar-refractivity contribution in [3.63, 3.8) is 0 Å². The van der Waals surface area contributed by atoms with Gasteiger partial charge in [-0.3, -0.25) is 9.69 Å². The second kappa shape index (κ2) is 6.99. The van der Waals surface area contributed by atoms with Gasteiger partial charge in [-0.15, -0.1) is 0 Å². The molecule has 0 radical (unpaired) electrons. The van der Waals surface area contributed by atoms with Crippen LogP contribution in [-0.4, -0.2) is 29.9 Å². The largest absolute Gasteiger partial charge is 0.324 e. The lowest BCUT2D eigenvalue weighted by Crippen LogP contribution is -2.42. The molecule has 1 N–H and O–H groups in total. The van der Waals surface area contributed by atoms with E-state index in [-0.39, 0.29) is 5.91 Å². The monoisotopic (exact) mass is 334 g/mol. The molecule has 0 saturated carbocycles. The summed E-state index contributed by atoms with van der Waals surface area (Å²) in [7, 11) is 0. The third-order valence-corrected chi connectivity index (χ3v) is 4.61. The van der Waals surface area contributed by atoms with Crippen LogP contribution in [0.5, 0.6) is 0 Å². The molecule has 1 aliphatic rings. The molecule has 1 fully saturated rings. The number of nitrogens with one attached hydrogen (secondary N) is 1. The van der Waals surface area contributed by atoms with Crippen LogP contribution in [0.25, 0.3) is 0 Å². The molecule has 20 heavy (non-hydrogen) atoms. The Morgan fingerprint density at radius 1 is 1.25 bits per heavy atom. The van der Waals surface area contributed by atoms with Crippen LogP contribution < -0.4 is 5.32 Å². The molecule has 1 aromatic rings. The van der Waals surface area contributed by atoms with Gasteiger partial charge in [-0.1, -0.05) is 41.2 Å². The highest BCUT2D eigenvalue weighted by Crippen LogP contribution is 2.32. The van der Waals surface area contributed by atoms with Gasteiger partial charge < -0.3 is 5.32 Å². The lowest BCUT2D eigenvalue weighted by atomic mass is 10.0. The van der Waals surface area contributed by atoms with Crippen LogP contribution in [0.2, 0.25) is 15.1 Å². The first-order chi connectivity index (χ1) is 9.47. The van der Waals surface area contributed by atoms with Gasteiger partial charge in [0, 0.05) is 6.04 Å². The smallest absolute Gasteiger partial charge is 0.238 e. The molecule has 1 amide bonds. The van der Waals surface area contributed by atoms with Crippen molar-refractivity contribution in [1.82, 2.24) is 4.90 Å². The maximum Gasteiger partial charge on any atom is 0.238 e. The topological polar surface area (TPSA) is 32.3 Å². The number of rotatable bonds is 3. The zero-order valence-corrected chi connectivity index (χ0v) is 13.5. The number of nitrogens with zero attached hydrogens (tertiary/aromatic N) is 1. The van der Waals surface area contributed by atoms with Crippen LogP contribution in [0.1, 0.15) is 26.2 Å². The van der Waals surface area contributed by atoms with Crippen LogP contribution in [0.4, 0.5) is 5.69 Å². The average Bonchev–Trinajstić information content (AvgIpc) is 2.39. The van der Waals surface area contributed by atoms with Gasteiger partial charge in [0.05, 0.1) is 27.3 Å². The molecule has 2 rings (SSSR count). The number of amides is 1. The number of hydrogen-bond acceptors (Lipinski definition) is 2. The third kappa shape index (κ3) is 4.01.